The topological polar surface area (TPSA) is 56.5 Å². The molecule has 1 N–H and O–H groups in total. The molecule has 1 aromatic heterocycles. The van der Waals surface area contributed by atoms with Gasteiger partial charge in [-0.1, -0.05) is 6.07 Å². The Morgan fingerprint density at radius 3 is 2.21 bits per heavy atom. The summed E-state index contributed by atoms with van der Waals surface area (Å²) in [5, 5.41) is 14.8. The highest BCUT2D eigenvalue weighted by atomic mass is 16.5. The first-order chi connectivity index (χ1) is 9.08. The van der Waals surface area contributed by atoms with Gasteiger partial charge >= 0.3 is 0 Å². The maximum absolute atomic E-state index is 10.6. The van der Waals surface area contributed by atoms with E-state index in [0.717, 1.165) is 11.3 Å². The zero-order chi connectivity index (χ0) is 14.0. The van der Waals surface area contributed by atoms with Crippen LogP contribution in [0.4, 0.5) is 0 Å². The van der Waals surface area contributed by atoms with Crippen LogP contribution in [0.2, 0.25) is 0 Å². The van der Waals surface area contributed by atoms with Gasteiger partial charge < -0.3 is 14.6 Å². The predicted octanol–water partition coefficient (Wildman–Crippen LogP) is 1.83. The van der Waals surface area contributed by atoms with Crippen molar-refractivity contribution in [3.63, 3.8) is 0 Å². The number of hydrogen-bond donors (Lipinski definition) is 1. The van der Waals surface area contributed by atoms with Crippen molar-refractivity contribution in [1.29, 1.82) is 0 Å². The van der Waals surface area contributed by atoms with Crippen LogP contribution in [0, 0.1) is 6.92 Å². The molecule has 1 unspecified atom stereocenters. The maximum atomic E-state index is 10.6. The van der Waals surface area contributed by atoms with Crippen LogP contribution < -0.4 is 9.47 Å². The monoisotopic (exact) mass is 262 g/mol. The number of aromatic nitrogens is 2. The van der Waals surface area contributed by atoms with Gasteiger partial charge in [0.1, 0.15) is 17.6 Å². The molecule has 0 amide bonds. The molecule has 1 heterocycles. The Morgan fingerprint density at radius 2 is 1.79 bits per heavy atom. The second kappa shape index (κ2) is 5.32. The molecule has 0 bridgehead atoms. The van der Waals surface area contributed by atoms with Gasteiger partial charge in [-0.15, -0.1) is 0 Å². The third-order valence-corrected chi connectivity index (χ3v) is 3.09. The Kier molecular flexibility index (Phi) is 3.76. The molecule has 0 radical (unpaired) electrons. The van der Waals surface area contributed by atoms with Gasteiger partial charge in [-0.25, -0.2) is 0 Å². The van der Waals surface area contributed by atoms with Crippen molar-refractivity contribution in [2.75, 3.05) is 14.2 Å². The Bertz CT molecular complexity index is 556. The fourth-order valence-electron chi connectivity index (χ4n) is 2.19. The molecular weight excluding hydrogens is 244 g/mol. The third kappa shape index (κ3) is 2.42. The molecule has 0 aliphatic rings. The zero-order valence-corrected chi connectivity index (χ0v) is 11.5. The number of rotatable bonds is 4. The zero-order valence-electron chi connectivity index (χ0n) is 11.5. The van der Waals surface area contributed by atoms with Crippen LogP contribution in [0.3, 0.4) is 0 Å². The molecule has 102 valence electrons. The summed E-state index contributed by atoms with van der Waals surface area (Å²) in [6, 6.07) is 5.42. The summed E-state index contributed by atoms with van der Waals surface area (Å²) in [5.74, 6) is 1.19. The van der Waals surface area contributed by atoms with Crippen molar-refractivity contribution in [3.8, 4) is 11.5 Å². The predicted molar refractivity (Wildman–Crippen MR) is 71.6 cm³/mol. The van der Waals surface area contributed by atoms with E-state index in [2.05, 4.69) is 5.10 Å². The Morgan fingerprint density at radius 1 is 1.21 bits per heavy atom. The molecule has 0 aliphatic carbocycles. The van der Waals surface area contributed by atoms with E-state index in [-0.39, 0.29) is 0 Å². The van der Waals surface area contributed by atoms with Crippen molar-refractivity contribution in [1.82, 2.24) is 9.78 Å². The minimum Gasteiger partial charge on any atom is -0.496 e. The highest BCUT2D eigenvalue weighted by Crippen LogP contribution is 2.37. The van der Waals surface area contributed by atoms with Crippen LogP contribution >= 0.6 is 0 Å². The Labute approximate surface area is 112 Å². The van der Waals surface area contributed by atoms with E-state index in [9.17, 15) is 5.11 Å². The molecule has 1 atom stereocenters. The fraction of sp³-hybridized carbons (Fsp3) is 0.357. The van der Waals surface area contributed by atoms with E-state index in [1.54, 1.807) is 37.2 Å². The van der Waals surface area contributed by atoms with Crippen molar-refractivity contribution < 1.29 is 14.6 Å². The minimum atomic E-state index is -0.834. The quantitative estimate of drug-likeness (QED) is 0.913. The van der Waals surface area contributed by atoms with Gasteiger partial charge in [0.15, 0.2) is 0 Å². The number of aliphatic hydroxyl groups excluding tert-OH is 1. The van der Waals surface area contributed by atoms with Gasteiger partial charge in [0, 0.05) is 18.8 Å². The molecular formula is C14H18N2O3. The fourth-order valence-corrected chi connectivity index (χ4v) is 2.19. The summed E-state index contributed by atoms with van der Waals surface area (Å²) in [6.45, 7) is 1.86. The van der Waals surface area contributed by atoms with E-state index in [4.69, 9.17) is 9.47 Å². The van der Waals surface area contributed by atoms with E-state index in [1.807, 2.05) is 20.0 Å². The van der Waals surface area contributed by atoms with Gasteiger partial charge in [0.05, 0.1) is 25.5 Å². The number of methoxy groups -OCH3 is 2. The van der Waals surface area contributed by atoms with E-state index in [0.29, 0.717) is 17.1 Å². The van der Waals surface area contributed by atoms with E-state index < -0.39 is 6.10 Å². The van der Waals surface area contributed by atoms with E-state index >= 15 is 0 Å². The lowest BCUT2D eigenvalue weighted by molar-refractivity contribution is 0.208. The molecule has 0 fully saturated rings. The molecule has 0 aliphatic heterocycles. The Hall–Kier alpha value is -2.01. The molecule has 1 aromatic carbocycles. The number of aryl methyl sites for hydroxylation is 2. The van der Waals surface area contributed by atoms with Gasteiger partial charge in [-0.05, 0) is 19.1 Å². The summed E-state index contributed by atoms with van der Waals surface area (Å²) in [5.41, 5.74) is 2.14. The molecule has 0 saturated heterocycles. The molecule has 0 saturated carbocycles. The number of benzene rings is 1. The third-order valence-electron chi connectivity index (χ3n) is 3.09. The van der Waals surface area contributed by atoms with Crippen molar-refractivity contribution in [2.45, 2.75) is 13.0 Å². The molecule has 2 aromatic rings. The normalized spacial score (nSPS) is 12.3. The largest absolute Gasteiger partial charge is 0.496 e. The first-order valence-corrected chi connectivity index (χ1v) is 5.97. The summed E-state index contributed by atoms with van der Waals surface area (Å²) < 4.78 is 12.3. The van der Waals surface area contributed by atoms with Crippen LogP contribution in [0.5, 0.6) is 11.5 Å². The standard InChI is InChI=1S/C14H18N2O3/c1-9-10(8-16(2)15-9)14(17)13-11(18-3)6-5-7-12(13)19-4/h5-8,14,17H,1-4H3. The highest BCUT2D eigenvalue weighted by Gasteiger charge is 2.23. The van der Waals surface area contributed by atoms with Crippen LogP contribution in [0.15, 0.2) is 24.4 Å². The molecule has 5 heteroatoms. The van der Waals surface area contributed by atoms with E-state index in [1.165, 1.54) is 0 Å². The average Bonchev–Trinajstić information content (AvgIpc) is 2.75. The first-order valence-electron chi connectivity index (χ1n) is 5.97. The second-order valence-corrected chi connectivity index (χ2v) is 4.32. The maximum Gasteiger partial charge on any atom is 0.128 e. The Balaban J connectivity index is 2.54. The van der Waals surface area contributed by atoms with Gasteiger partial charge in [-0.3, -0.25) is 4.68 Å². The lowest BCUT2D eigenvalue weighted by Gasteiger charge is -2.17. The molecule has 0 spiro atoms. The molecule has 2 rings (SSSR count). The summed E-state index contributed by atoms with van der Waals surface area (Å²) in [4.78, 5) is 0. The number of aliphatic hydroxyl groups is 1. The van der Waals surface area contributed by atoms with Crippen LogP contribution in [0.25, 0.3) is 0 Å². The molecule has 19 heavy (non-hydrogen) atoms. The first kappa shape index (κ1) is 13.4. The van der Waals surface area contributed by atoms with Gasteiger partial charge in [0.25, 0.3) is 0 Å². The minimum absolute atomic E-state index is 0.593. The smallest absolute Gasteiger partial charge is 0.128 e. The second-order valence-electron chi connectivity index (χ2n) is 4.32. The summed E-state index contributed by atoms with van der Waals surface area (Å²) >= 11 is 0. The van der Waals surface area contributed by atoms with Crippen LogP contribution in [-0.4, -0.2) is 29.1 Å². The SMILES string of the molecule is COc1cccc(OC)c1C(O)c1cn(C)nc1C. The average molecular weight is 262 g/mol. The molecule has 5 nitrogen and oxygen atoms in total. The highest BCUT2D eigenvalue weighted by molar-refractivity contribution is 5.49. The summed E-state index contributed by atoms with van der Waals surface area (Å²) in [6.07, 6.45) is 0.964. The number of nitrogens with zero attached hydrogens (tertiary/aromatic N) is 2. The van der Waals surface area contributed by atoms with Gasteiger partial charge in [-0.2, -0.15) is 5.10 Å². The van der Waals surface area contributed by atoms with Crippen LogP contribution in [-0.2, 0) is 7.05 Å². The van der Waals surface area contributed by atoms with Crippen molar-refractivity contribution in [2.24, 2.45) is 7.05 Å². The summed E-state index contributed by atoms with van der Waals surface area (Å²) in [7, 11) is 4.96. The van der Waals surface area contributed by atoms with Crippen molar-refractivity contribution in [3.05, 3.63) is 41.2 Å². The van der Waals surface area contributed by atoms with Gasteiger partial charge in [0.2, 0.25) is 0 Å². The van der Waals surface area contributed by atoms with Crippen LogP contribution in [0.1, 0.15) is 22.9 Å². The number of ether oxygens (including phenoxy) is 2. The number of hydrogen-bond acceptors (Lipinski definition) is 4. The lowest BCUT2D eigenvalue weighted by Crippen LogP contribution is -2.05. The lowest BCUT2D eigenvalue weighted by atomic mass is 10.0. The van der Waals surface area contributed by atoms with Crippen molar-refractivity contribution >= 4 is 0 Å².